The van der Waals surface area contributed by atoms with Crippen LogP contribution in [0.25, 0.3) is 0 Å². The molecule has 0 saturated heterocycles. The summed E-state index contributed by atoms with van der Waals surface area (Å²) in [4.78, 5) is 4.72. The molecule has 0 unspecified atom stereocenters. The molecule has 1 aliphatic heterocycles. The Bertz CT molecular complexity index is 312. The second-order valence-corrected chi connectivity index (χ2v) is 2.33. The number of anilines is 1. The lowest BCUT2D eigenvalue weighted by Gasteiger charge is -2.13. The van der Waals surface area contributed by atoms with Crippen LogP contribution in [0.2, 0.25) is 0 Å². The first-order valence-corrected chi connectivity index (χ1v) is 3.51. The van der Waals surface area contributed by atoms with E-state index in [0.29, 0.717) is 5.69 Å². The zero-order valence-electron chi connectivity index (χ0n) is 6.23. The van der Waals surface area contributed by atoms with Crippen LogP contribution in [0, 0.1) is 0 Å². The summed E-state index contributed by atoms with van der Waals surface area (Å²) in [5, 5.41) is 12.8. The van der Waals surface area contributed by atoms with Gasteiger partial charge >= 0.3 is 0 Å². The van der Waals surface area contributed by atoms with E-state index in [0.717, 1.165) is 0 Å². The molecule has 61 valence electrons. The molecule has 12 heavy (non-hydrogen) atoms. The van der Waals surface area contributed by atoms with Gasteiger partial charge in [-0.25, -0.2) is 5.01 Å². The number of para-hydroxylation sites is 2. The molecule has 0 fully saturated rings. The molecular formula is C8H7N2O2. The molecule has 0 amide bonds. The van der Waals surface area contributed by atoms with Gasteiger partial charge in [-0.1, -0.05) is 17.7 Å². The van der Waals surface area contributed by atoms with Crippen LogP contribution in [0.1, 0.15) is 0 Å². The number of nitrogens with zero attached hydrogens (tertiary/aromatic N) is 1. The van der Waals surface area contributed by atoms with Gasteiger partial charge in [0.2, 0.25) is 5.75 Å². The van der Waals surface area contributed by atoms with Gasteiger partial charge in [0.25, 0.3) is 0 Å². The van der Waals surface area contributed by atoms with E-state index in [1.54, 1.807) is 24.4 Å². The van der Waals surface area contributed by atoms with Gasteiger partial charge in [-0.15, -0.1) is 0 Å². The van der Waals surface area contributed by atoms with Crippen molar-refractivity contribution in [2.45, 2.75) is 0 Å². The molecule has 1 N–H and O–H groups in total. The number of hydrazine groups is 1. The van der Waals surface area contributed by atoms with E-state index >= 15 is 0 Å². The molecule has 0 aliphatic carbocycles. The van der Waals surface area contributed by atoms with Crippen LogP contribution in [0.15, 0.2) is 36.7 Å². The highest BCUT2D eigenvalue weighted by atomic mass is 16.7. The second kappa shape index (κ2) is 2.75. The largest absolute Gasteiger partial charge is 0.395 e. The Balaban J connectivity index is 2.33. The van der Waals surface area contributed by atoms with Crippen molar-refractivity contribution in [1.29, 1.82) is 0 Å². The van der Waals surface area contributed by atoms with Gasteiger partial charge in [0, 0.05) is 0 Å². The summed E-state index contributed by atoms with van der Waals surface area (Å²) in [6.07, 6.45) is 3.10. The molecule has 1 heterocycles. The Labute approximate surface area is 69.6 Å². The Morgan fingerprint density at radius 3 is 2.83 bits per heavy atom. The van der Waals surface area contributed by atoms with Gasteiger partial charge in [-0.3, -0.25) is 5.11 Å². The molecule has 4 heteroatoms. The predicted molar refractivity (Wildman–Crippen MR) is 42.4 cm³/mol. The summed E-state index contributed by atoms with van der Waals surface area (Å²) in [5.41, 5.74) is 3.08. The van der Waals surface area contributed by atoms with Crippen molar-refractivity contribution in [3.63, 3.8) is 0 Å². The third-order valence-electron chi connectivity index (χ3n) is 1.55. The first-order chi connectivity index (χ1) is 5.88. The minimum atomic E-state index is -0.0415. The van der Waals surface area contributed by atoms with E-state index in [1.165, 1.54) is 17.3 Å². The maximum atomic E-state index is 11.2. The fourth-order valence-corrected chi connectivity index (χ4v) is 0.995. The third-order valence-corrected chi connectivity index (χ3v) is 1.55. The fourth-order valence-electron chi connectivity index (χ4n) is 0.995. The van der Waals surface area contributed by atoms with Crippen LogP contribution in [0.5, 0.6) is 5.75 Å². The van der Waals surface area contributed by atoms with Crippen molar-refractivity contribution in [3.8, 4) is 5.75 Å². The smallest absolute Gasteiger partial charge is 0.203 e. The lowest BCUT2D eigenvalue weighted by Crippen LogP contribution is -2.26. The predicted octanol–water partition coefficient (Wildman–Crippen LogP) is 1.56. The van der Waals surface area contributed by atoms with Crippen molar-refractivity contribution in [1.82, 2.24) is 5.59 Å². The normalized spacial score (nSPS) is 14.8. The van der Waals surface area contributed by atoms with Gasteiger partial charge in [0.05, 0.1) is 6.20 Å². The number of nitrogens with one attached hydrogen (secondary N) is 1. The average molecular weight is 163 g/mol. The van der Waals surface area contributed by atoms with E-state index in [-0.39, 0.29) is 5.75 Å². The molecule has 1 radical (unpaired) electrons. The number of hydrogen-bond acceptors (Lipinski definition) is 3. The van der Waals surface area contributed by atoms with E-state index in [4.69, 9.17) is 4.84 Å². The highest BCUT2D eigenvalue weighted by Gasteiger charge is 2.11. The van der Waals surface area contributed by atoms with Crippen molar-refractivity contribution in [2.75, 3.05) is 5.01 Å². The lowest BCUT2D eigenvalue weighted by molar-refractivity contribution is 0.158. The van der Waals surface area contributed by atoms with E-state index < -0.39 is 0 Å². The Morgan fingerprint density at radius 2 is 2.17 bits per heavy atom. The van der Waals surface area contributed by atoms with Crippen molar-refractivity contribution < 1.29 is 9.94 Å². The van der Waals surface area contributed by atoms with Crippen molar-refractivity contribution in [2.24, 2.45) is 0 Å². The standard InChI is InChI=1S/C8H7N2O2/c11-8-4-2-1-3-7(8)10-5-6-12-9-10/h1-6,9H. The zero-order valence-corrected chi connectivity index (χ0v) is 6.23. The minimum absolute atomic E-state index is 0.0415. The molecule has 4 nitrogen and oxygen atoms in total. The highest BCUT2D eigenvalue weighted by Crippen LogP contribution is 2.26. The maximum Gasteiger partial charge on any atom is 0.203 e. The molecule has 0 atom stereocenters. The first kappa shape index (κ1) is 7.00. The number of rotatable bonds is 1. The summed E-state index contributed by atoms with van der Waals surface area (Å²) >= 11 is 0. The first-order valence-electron chi connectivity index (χ1n) is 3.51. The fraction of sp³-hybridized carbons (Fsp3) is 0. The zero-order chi connectivity index (χ0) is 8.39. The Kier molecular flexibility index (Phi) is 1.60. The molecule has 1 aromatic carbocycles. The Morgan fingerprint density at radius 1 is 1.33 bits per heavy atom. The molecule has 1 aliphatic rings. The summed E-state index contributed by atoms with van der Waals surface area (Å²) in [6, 6.07) is 6.72. The second-order valence-electron chi connectivity index (χ2n) is 2.33. The number of benzene rings is 1. The van der Waals surface area contributed by atoms with E-state index in [2.05, 4.69) is 5.59 Å². The summed E-state index contributed by atoms with van der Waals surface area (Å²) in [7, 11) is 0. The lowest BCUT2D eigenvalue weighted by atomic mass is 10.3. The van der Waals surface area contributed by atoms with Crippen LogP contribution in [0.3, 0.4) is 0 Å². The topological polar surface area (TPSA) is 44.4 Å². The number of hydrogen-bond donors (Lipinski definition) is 1. The Hall–Kier alpha value is -1.68. The molecule has 0 spiro atoms. The third kappa shape index (κ3) is 1.08. The van der Waals surface area contributed by atoms with Gasteiger partial charge in [0.15, 0.2) is 0 Å². The molecular weight excluding hydrogens is 156 g/mol. The quantitative estimate of drug-likeness (QED) is 0.683. The van der Waals surface area contributed by atoms with Crippen LogP contribution >= 0.6 is 0 Å². The van der Waals surface area contributed by atoms with E-state index in [9.17, 15) is 5.11 Å². The molecule has 0 bridgehead atoms. The minimum Gasteiger partial charge on any atom is -0.395 e. The van der Waals surface area contributed by atoms with Gasteiger partial charge < -0.3 is 4.84 Å². The van der Waals surface area contributed by atoms with Gasteiger partial charge in [0.1, 0.15) is 11.9 Å². The van der Waals surface area contributed by atoms with Crippen LogP contribution in [0.4, 0.5) is 5.69 Å². The van der Waals surface area contributed by atoms with Gasteiger partial charge in [-0.05, 0) is 12.1 Å². The van der Waals surface area contributed by atoms with Crippen LogP contribution in [-0.4, -0.2) is 0 Å². The molecule has 0 aromatic heterocycles. The monoisotopic (exact) mass is 163 g/mol. The average Bonchev–Trinajstić information content (AvgIpc) is 2.57. The molecule has 2 rings (SSSR count). The SMILES string of the molecule is [O]c1ccccc1N1C=CON1. The van der Waals surface area contributed by atoms with Crippen LogP contribution < -0.4 is 10.6 Å². The van der Waals surface area contributed by atoms with Crippen molar-refractivity contribution in [3.05, 3.63) is 36.7 Å². The summed E-state index contributed by atoms with van der Waals surface area (Å²) in [5.74, 6) is -0.0415. The molecule has 0 saturated carbocycles. The summed E-state index contributed by atoms with van der Waals surface area (Å²) < 4.78 is 0. The summed E-state index contributed by atoms with van der Waals surface area (Å²) in [6.45, 7) is 0. The van der Waals surface area contributed by atoms with E-state index in [1.807, 2.05) is 0 Å². The highest BCUT2D eigenvalue weighted by molar-refractivity contribution is 5.58. The molecule has 1 aromatic rings. The van der Waals surface area contributed by atoms with Gasteiger partial charge in [-0.2, -0.15) is 0 Å². The van der Waals surface area contributed by atoms with Crippen molar-refractivity contribution >= 4 is 5.69 Å². The van der Waals surface area contributed by atoms with Crippen LogP contribution in [-0.2, 0) is 9.94 Å². The maximum absolute atomic E-state index is 11.2.